The van der Waals surface area contributed by atoms with Gasteiger partial charge in [0.15, 0.2) is 0 Å². The van der Waals surface area contributed by atoms with E-state index in [-0.39, 0.29) is 0 Å². The van der Waals surface area contributed by atoms with E-state index >= 15 is 0 Å². The molecule has 4 rings (SSSR count). The largest absolute Gasteiger partial charge is 0.372 e. The molecule has 150 valence electrons. The summed E-state index contributed by atoms with van der Waals surface area (Å²) >= 11 is 0. The lowest BCUT2D eigenvalue weighted by atomic mass is 10.1. The van der Waals surface area contributed by atoms with Gasteiger partial charge in [0.25, 0.3) is 0 Å². The van der Waals surface area contributed by atoms with E-state index in [2.05, 4.69) is 80.7 Å². The Balaban J connectivity index is 1.46. The van der Waals surface area contributed by atoms with Crippen LogP contribution in [0, 0.1) is 6.92 Å². The fraction of sp³-hybridized carbons (Fsp3) is 0.333. The Labute approximate surface area is 173 Å². The first kappa shape index (κ1) is 19.2. The zero-order valence-electron chi connectivity index (χ0n) is 17.3. The standard InChI is InChI=1S/C24H29N5/c1-19-25-23(17-24(26-19)28(2)18-20-9-5-3-6-10-20)27-21-11-13-22(14-12-21)29-15-7-4-8-16-29/h3,5-6,9-14,17H,4,7-8,15-16,18H2,1-2H3,(H,25,26,27). The average Bonchev–Trinajstić information content (AvgIpc) is 2.75. The van der Waals surface area contributed by atoms with Crippen LogP contribution in [0.25, 0.3) is 0 Å². The van der Waals surface area contributed by atoms with Gasteiger partial charge in [-0.2, -0.15) is 0 Å². The molecular formula is C24H29N5. The smallest absolute Gasteiger partial charge is 0.136 e. The summed E-state index contributed by atoms with van der Waals surface area (Å²) in [5.41, 5.74) is 3.60. The summed E-state index contributed by atoms with van der Waals surface area (Å²) in [4.78, 5) is 13.8. The molecule has 0 saturated carbocycles. The number of aryl methyl sites for hydroxylation is 1. The second-order valence-corrected chi connectivity index (χ2v) is 7.72. The van der Waals surface area contributed by atoms with Crippen molar-refractivity contribution in [3.05, 3.63) is 72.1 Å². The summed E-state index contributed by atoms with van der Waals surface area (Å²) in [7, 11) is 2.06. The number of benzene rings is 2. The number of rotatable bonds is 6. The van der Waals surface area contributed by atoms with Crippen LogP contribution in [0.1, 0.15) is 30.7 Å². The molecule has 0 unspecified atom stereocenters. The van der Waals surface area contributed by atoms with E-state index in [1.54, 1.807) is 0 Å². The third-order valence-corrected chi connectivity index (χ3v) is 5.34. The van der Waals surface area contributed by atoms with Crippen molar-refractivity contribution in [3.8, 4) is 0 Å². The summed E-state index contributed by atoms with van der Waals surface area (Å²) in [5, 5.41) is 3.44. The third-order valence-electron chi connectivity index (χ3n) is 5.34. The van der Waals surface area contributed by atoms with Crippen LogP contribution in [0.3, 0.4) is 0 Å². The normalized spacial score (nSPS) is 13.9. The van der Waals surface area contributed by atoms with Crippen molar-refractivity contribution < 1.29 is 0 Å². The highest BCUT2D eigenvalue weighted by Gasteiger charge is 2.11. The quantitative estimate of drug-likeness (QED) is 0.633. The predicted molar refractivity (Wildman–Crippen MR) is 121 cm³/mol. The number of anilines is 4. The molecular weight excluding hydrogens is 358 g/mol. The lowest BCUT2D eigenvalue weighted by Gasteiger charge is -2.28. The lowest BCUT2D eigenvalue weighted by Crippen LogP contribution is -2.29. The molecule has 1 aromatic heterocycles. The monoisotopic (exact) mass is 387 g/mol. The van der Waals surface area contributed by atoms with E-state index in [1.807, 2.05) is 19.1 Å². The van der Waals surface area contributed by atoms with Gasteiger partial charge in [0.05, 0.1) is 0 Å². The zero-order valence-corrected chi connectivity index (χ0v) is 17.3. The highest BCUT2D eigenvalue weighted by Crippen LogP contribution is 2.24. The maximum atomic E-state index is 4.61. The molecule has 3 aromatic rings. The van der Waals surface area contributed by atoms with Gasteiger partial charge in [-0.1, -0.05) is 30.3 Å². The Morgan fingerprint density at radius 1 is 0.931 bits per heavy atom. The third kappa shape index (κ3) is 5.05. The van der Waals surface area contributed by atoms with Crippen molar-refractivity contribution in [2.45, 2.75) is 32.7 Å². The average molecular weight is 388 g/mol. The predicted octanol–water partition coefficient (Wildman–Crippen LogP) is 5.16. The van der Waals surface area contributed by atoms with Gasteiger partial charge in [-0.25, -0.2) is 9.97 Å². The van der Waals surface area contributed by atoms with Crippen molar-refractivity contribution >= 4 is 23.0 Å². The van der Waals surface area contributed by atoms with Gasteiger partial charge in [0.1, 0.15) is 17.5 Å². The molecule has 29 heavy (non-hydrogen) atoms. The minimum atomic E-state index is 0.759. The first-order chi connectivity index (χ1) is 14.2. The van der Waals surface area contributed by atoms with Gasteiger partial charge in [-0.15, -0.1) is 0 Å². The zero-order chi connectivity index (χ0) is 20.1. The number of hydrogen-bond donors (Lipinski definition) is 1. The topological polar surface area (TPSA) is 44.3 Å². The van der Waals surface area contributed by atoms with Crippen LogP contribution in [0.5, 0.6) is 0 Å². The van der Waals surface area contributed by atoms with Gasteiger partial charge in [0, 0.05) is 44.1 Å². The maximum absolute atomic E-state index is 4.61. The summed E-state index contributed by atoms with van der Waals surface area (Å²) in [6.07, 6.45) is 3.93. The minimum Gasteiger partial charge on any atom is -0.372 e. The van der Waals surface area contributed by atoms with E-state index < -0.39 is 0 Å². The first-order valence-corrected chi connectivity index (χ1v) is 10.4. The summed E-state index contributed by atoms with van der Waals surface area (Å²) in [6, 6.07) is 21.1. The van der Waals surface area contributed by atoms with Crippen molar-refractivity contribution in [2.24, 2.45) is 0 Å². The van der Waals surface area contributed by atoms with Gasteiger partial charge in [0.2, 0.25) is 0 Å². The summed E-state index contributed by atoms with van der Waals surface area (Å²) < 4.78 is 0. The maximum Gasteiger partial charge on any atom is 0.136 e. The van der Waals surface area contributed by atoms with Crippen LogP contribution in [0.4, 0.5) is 23.0 Å². The Morgan fingerprint density at radius 3 is 2.38 bits per heavy atom. The highest BCUT2D eigenvalue weighted by atomic mass is 15.2. The molecule has 0 spiro atoms. The minimum absolute atomic E-state index is 0.759. The molecule has 0 bridgehead atoms. The molecule has 5 heteroatoms. The molecule has 1 saturated heterocycles. The van der Waals surface area contributed by atoms with Crippen LogP contribution >= 0.6 is 0 Å². The van der Waals surface area contributed by atoms with E-state index in [4.69, 9.17) is 0 Å². The number of hydrogen-bond acceptors (Lipinski definition) is 5. The Kier molecular flexibility index (Phi) is 5.94. The van der Waals surface area contributed by atoms with Crippen molar-refractivity contribution in [1.82, 2.24) is 9.97 Å². The molecule has 0 aliphatic carbocycles. The van der Waals surface area contributed by atoms with Crippen LogP contribution in [0.2, 0.25) is 0 Å². The summed E-state index contributed by atoms with van der Waals surface area (Å²) in [5.74, 6) is 2.49. The van der Waals surface area contributed by atoms with Crippen molar-refractivity contribution in [3.63, 3.8) is 0 Å². The van der Waals surface area contributed by atoms with Crippen LogP contribution in [-0.2, 0) is 6.54 Å². The van der Waals surface area contributed by atoms with E-state index in [1.165, 1.54) is 30.5 Å². The fourth-order valence-corrected chi connectivity index (χ4v) is 3.81. The second kappa shape index (κ2) is 8.95. The van der Waals surface area contributed by atoms with Crippen LogP contribution in [0.15, 0.2) is 60.7 Å². The number of nitrogens with one attached hydrogen (secondary N) is 1. The Bertz CT molecular complexity index is 918. The highest BCUT2D eigenvalue weighted by molar-refractivity contribution is 5.63. The molecule has 2 heterocycles. The molecule has 0 atom stereocenters. The number of piperidine rings is 1. The van der Waals surface area contributed by atoms with Gasteiger partial charge < -0.3 is 15.1 Å². The second-order valence-electron chi connectivity index (χ2n) is 7.72. The number of aromatic nitrogens is 2. The molecule has 1 aliphatic heterocycles. The van der Waals surface area contributed by atoms with Gasteiger partial charge in [-0.3, -0.25) is 0 Å². The van der Waals surface area contributed by atoms with Crippen LogP contribution in [-0.4, -0.2) is 30.1 Å². The first-order valence-electron chi connectivity index (χ1n) is 10.4. The van der Waals surface area contributed by atoms with E-state index in [9.17, 15) is 0 Å². The molecule has 0 radical (unpaired) electrons. The Morgan fingerprint density at radius 2 is 1.66 bits per heavy atom. The van der Waals surface area contributed by atoms with Crippen molar-refractivity contribution in [2.75, 3.05) is 35.3 Å². The lowest BCUT2D eigenvalue weighted by molar-refractivity contribution is 0.578. The van der Waals surface area contributed by atoms with Crippen molar-refractivity contribution in [1.29, 1.82) is 0 Å². The van der Waals surface area contributed by atoms with Gasteiger partial charge >= 0.3 is 0 Å². The fourth-order valence-electron chi connectivity index (χ4n) is 3.81. The Hall–Kier alpha value is -3.08. The van der Waals surface area contributed by atoms with E-state index in [0.29, 0.717) is 0 Å². The number of nitrogens with zero attached hydrogens (tertiary/aromatic N) is 4. The molecule has 2 aromatic carbocycles. The molecule has 0 amide bonds. The molecule has 1 N–H and O–H groups in total. The van der Waals surface area contributed by atoms with Gasteiger partial charge in [-0.05, 0) is 56.0 Å². The molecule has 5 nitrogen and oxygen atoms in total. The van der Waals surface area contributed by atoms with Crippen LogP contribution < -0.4 is 15.1 Å². The molecule has 1 fully saturated rings. The molecule has 1 aliphatic rings. The summed E-state index contributed by atoms with van der Waals surface area (Å²) in [6.45, 7) is 5.07. The SMILES string of the molecule is Cc1nc(Nc2ccc(N3CCCCC3)cc2)cc(N(C)Cc2ccccc2)n1. The van der Waals surface area contributed by atoms with E-state index in [0.717, 1.165) is 42.8 Å².